The van der Waals surface area contributed by atoms with Crippen LogP contribution in [0.15, 0.2) is 41.2 Å². The van der Waals surface area contributed by atoms with E-state index in [1.54, 1.807) is 30.7 Å². The molecule has 1 fully saturated rings. The summed E-state index contributed by atoms with van der Waals surface area (Å²) >= 11 is 5.76. The smallest absolute Gasteiger partial charge is 0.355 e. The van der Waals surface area contributed by atoms with Crippen LogP contribution >= 0.6 is 11.6 Å². The zero-order chi connectivity index (χ0) is 30.5. The minimum absolute atomic E-state index is 0.0484. The molecule has 0 bridgehead atoms. The van der Waals surface area contributed by atoms with Gasteiger partial charge in [-0.15, -0.1) is 0 Å². The summed E-state index contributed by atoms with van der Waals surface area (Å²) in [4.78, 5) is 46.1. The molecule has 2 aliphatic rings. The Morgan fingerprint density at radius 1 is 1.10 bits per heavy atom. The van der Waals surface area contributed by atoms with Crippen molar-refractivity contribution in [1.82, 2.24) is 19.8 Å². The summed E-state index contributed by atoms with van der Waals surface area (Å²) in [5.41, 5.74) is 1.31. The van der Waals surface area contributed by atoms with Crippen LogP contribution < -0.4 is 16.2 Å². The van der Waals surface area contributed by atoms with Crippen LogP contribution in [-0.4, -0.2) is 45.4 Å². The van der Waals surface area contributed by atoms with Gasteiger partial charge < -0.3 is 15.5 Å². The first-order chi connectivity index (χ1) is 19.8. The zero-order valence-electron chi connectivity index (χ0n) is 23.6. The van der Waals surface area contributed by atoms with E-state index >= 15 is 0 Å². The molecular formula is C30H31ClF3N5O3. The van der Waals surface area contributed by atoms with Crippen molar-refractivity contribution in [2.24, 2.45) is 0 Å². The van der Waals surface area contributed by atoms with Crippen LogP contribution in [0.3, 0.4) is 0 Å². The van der Waals surface area contributed by atoms with Gasteiger partial charge in [-0.3, -0.25) is 14.4 Å². The van der Waals surface area contributed by atoms with E-state index in [2.05, 4.69) is 10.6 Å². The van der Waals surface area contributed by atoms with Crippen molar-refractivity contribution in [1.29, 1.82) is 0 Å². The van der Waals surface area contributed by atoms with E-state index in [4.69, 9.17) is 16.6 Å². The summed E-state index contributed by atoms with van der Waals surface area (Å²) in [7, 11) is 1.56. The SMILES string of the molecule is CNC(=O)c1ccc(-n2c(NC(C)C)nc3c(c2=O)C[C@@H](C)N(C(=O)c2ccc(Cl)c(C(F)(F)F)c2)C3)c(C2CC2)c1. The molecule has 0 unspecified atom stereocenters. The van der Waals surface area contributed by atoms with Gasteiger partial charge in [-0.25, -0.2) is 9.55 Å². The number of benzene rings is 2. The lowest BCUT2D eigenvalue weighted by molar-refractivity contribution is -0.137. The normalized spacial score (nSPS) is 16.8. The highest BCUT2D eigenvalue weighted by Crippen LogP contribution is 2.43. The topological polar surface area (TPSA) is 96.3 Å². The van der Waals surface area contributed by atoms with Gasteiger partial charge in [0.2, 0.25) is 5.95 Å². The number of anilines is 1. The Bertz CT molecular complexity index is 1630. The van der Waals surface area contributed by atoms with E-state index in [1.165, 1.54) is 11.0 Å². The molecule has 2 aromatic carbocycles. The molecule has 8 nitrogen and oxygen atoms in total. The average Bonchev–Trinajstić information content (AvgIpc) is 3.77. The summed E-state index contributed by atoms with van der Waals surface area (Å²) in [5.74, 6) is -0.328. The quantitative estimate of drug-likeness (QED) is 0.386. The number of alkyl halides is 3. The van der Waals surface area contributed by atoms with Crippen molar-refractivity contribution in [2.45, 2.75) is 70.8 Å². The maximum absolute atomic E-state index is 14.1. The van der Waals surface area contributed by atoms with E-state index in [1.807, 2.05) is 19.9 Å². The maximum atomic E-state index is 14.1. The van der Waals surface area contributed by atoms with Gasteiger partial charge in [0.05, 0.1) is 28.5 Å². The molecule has 3 aromatic rings. The summed E-state index contributed by atoms with van der Waals surface area (Å²) < 4.78 is 41.9. The third-order valence-corrected chi connectivity index (χ3v) is 7.92. The Hall–Kier alpha value is -3.86. The van der Waals surface area contributed by atoms with Crippen molar-refractivity contribution in [3.8, 4) is 5.69 Å². The number of halogens is 4. The Kier molecular flexibility index (Phi) is 7.82. The number of fused-ring (bicyclic) bond motifs is 1. The Balaban J connectivity index is 1.58. The predicted octanol–water partition coefficient (Wildman–Crippen LogP) is 5.55. The molecule has 42 heavy (non-hydrogen) atoms. The summed E-state index contributed by atoms with van der Waals surface area (Å²) in [6, 6.07) is 7.77. The minimum Gasteiger partial charge on any atom is -0.355 e. The van der Waals surface area contributed by atoms with E-state index in [-0.39, 0.29) is 47.9 Å². The second-order valence-electron chi connectivity index (χ2n) is 11.1. The molecule has 1 aromatic heterocycles. The Morgan fingerprint density at radius 3 is 2.40 bits per heavy atom. The number of nitrogens with zero attached hydrogens (tertiary/aromatic N) is 3. The first kappa shape index (κ1) is 29.6. The van der Waals surface area contributed by atoms with Crippen LogP contribution in [0.5, 0.6) is 0 Å². The zero-order valence-corrected chi connectivity index (χ0v) is 24.4. The molecule has 1 saturated carbocycles. The van der Waals surface area contributed by atoms with Crippen molar-refractivity contribution in [3.63, 3.8) is 0 Å². The predicted molar refractivity (Wildman–Crippen MR) is 153 cm³/mol. The van der Waals surface area contributed by atoms with Crippen molar-refractivity contribution in [3.05, 3.63) is 85.3 Å². The molecule has 5 rings (SSSR count). The van der Waals surface area contributed by atoms with Gasteiger partial charge in [-0.05, 0) is 87.9 Å². The molecule has 1 aliphatic carbocycles. The molecule has 0 saturated heterocycles. The maximum Gasteiger partial charge on any atom is 0.417 e. The van der Waals surface area contributed by atoms with Gasteiger partial charge in [0.25, 0.3) is 17.4 Å². The lowest BCUT2D eigenvalue weighted by Gasteiger charge is -2.35. The van der Waals surface area contributed by atoms with Crippen LogP contribution in [0.2, 0.25) is 5.02 Å². The minimum atomic E-state index is -4.71. The van der Waals surface area contributed by atoms with Gasteiger partial charge in [0, 0.05) is 35.8 Å². The summed E-state index contributed by atoms with van der Waals surface area (Å²) in [6.45, 7) is 5.51. The van der Waals surface area contributed by atoms with Crippen LogP contribution in [-0.2, 0) is 19.1 Å². The first-order valence-corrected chi connectivity index (χ1v) is 14.1. The molecule has 0 radical (unpaired) electrons. The van der Waals surface area contributed by atoms with E-state index in [9.17, 15) is 27.6 Å². The molecule has 1 aliphatic heterocycles. The van der Waals surface area contributed by atoms with E-state index in [0.29, 0.717) is 22.5 Å². The number of hydrogen-bond donors (Lipinski definition) is 2. The molecule has 2 heterocycles. The van der Waals surface area contributed by atoms with Crippen LogP contribution in [0, 0.1) is 0 Å². The molecule has 2 N–H and O–H groups in total. The Labute approximate surface area is 245 Å². The number of carbonyl (C=O) groups is 2. The number of hydrogen-bond acceptors (Lipinski definition) is 5. The van der Waals surface area contributed by atoms with Gasteiger partial charge in [0.1, 0.15) is 0 Å². The number of carbonyl (C=O) groups excluding carboxylic acids is 2. The van der Waals surface area contributed by atoms with E-state index in [0.717, 1.165) is 30.5 Å². The fourth-order valence-electron chi connectivity index (χ4n) is 5.32. The van der Waals surface area contributed by atoms with E-state index < -0.39 is 28.7 Å². The van der Waals surface area contributed by atoms with Gasteiger partial charge >= 0.3 is 6.18 Å². The fraction of sp³-hybridized carbons (Fsp3) is 0.400. The van der Waals surface area contributed by atoms with Gasteiger partial charge in [-0.1, -0.05) is 11.6 Å². The van der Waals surface area contributed by atoms with Crippen LogP contribution in [0.4, 0.5) is 19.1 Å². The molecular weight excluding hydrogens is 571 g/mol. The highest BCUT2D eigenvalue weighted by atomic mass is 35.5. The highest BCUT2D eigenvalue weighted by Gasteiger charge is 2.37. The largest absolute Gasteiger partial charge is 0.417 e. The highest BCUT2D eigenvalue weighted by molar-refractivity contribution is 6.31. The number of rotatable bonds is 6. The van der Waals surface area contributed by atoms with Crippen LogP contribution in [0.1, 0.15) is 82.6 Å². The second kappa shape index (κ2) is 11.1. The van der Waals surface area contributed by atoms with Crippen molar-refractivity contribution in [2.75, 3.05) is 12.4 Å². The molecule has 222 valence electrons. The molecule has 2 amide bonds. The monoisotopic (exact) mass is 601 g/mol. The molecule has 0 spiro atoms. The lowest BCUT2D eigenvalue weighted by Crippen LogP contribution is -2.46. The average molecular weight is 602 g/mol. The molecule has 1 atom stereocenters. The number of aromatic nitrogens is 2. The van der Waals surface area contributed by atoms with Gasteiger partial charge in [-0.2, -0.15) is 13.2 Å². The van der Waals surface area contributed by atoms with Crippen molar-refractivity contribution >= 4 is 29.4 Å². The second-order valence-corrected chi connectivity index (χ2v) is 11.5. The lowest BCUT2D eigenvalue weighted by atomic mass is 9.97. The van der Waals surface area contributed by atoms with Crippen molar-refractivity contribution < 1.29 is 22.8 Å². The summed E-state index contributed by atoms with van der Waals surface area (Å²) in [6.07, 6.45) is -2.66. The summed E-state index contributed by atoms with van der Waals surface area (Å²) in [5, 5.41) is 5.39. The van der Waals surface area contributed by atoms with Crippen LogP contribution in [0.25, 0.3) is 5.69 Å². The molecule has 12 heteroatoms. The third kappa shape index (κ3) is 5.62. The standard InChI is InChI=1S/C30H31ClF3N5O3/c1-15(2)36-29-37-24-14-38(27(41)19-7-9-23(31)22(13-19)30(32,33)34)16(3)11-21(24)28(42)39(29)25-10-8-18(26(40)35-4)12-20(25)17-5-6-17/h7-10,12-13,15-17H,5-6,11,14H2,1-4H3,(H,35,40)(H,36,37)/t16-/m1/s1. The number of nitrogens with one attached hydrogen (secondary N) is 2. The van der Waals surface area contributed by atoms with Gasteiger partial charge in [0.15, 0.2) is 0 Å². The third-order valence-electron chi connectivity index (χ3n) is 7.59. The number of amides is 2. The first-order valence-electron chi connectivity index (χ1n) is 13.8. The fourth-order valence-corrected chi connectivity index (χ4v) is 5.54. The Morgan fingerprint density at radius 2 is 1.79 bits per heavy atom.